The normalized spacial score (nSPS) is 10.3. The standard InChI is InChI=1S/C19H15NO/c20-19(21)18-12-10-17(11-13-18)16-8-6-15(7-9-16)14-4-2-1-3-5-14/h1-13H,(H2,20,21). The van der Waals surface area contributed by atoms with Crippen molar-refractivity contribution in [2.75, 3.05) is 0 Å². The predicted octanol–water partition coefficient (Wildman–Crippen LogP) is 4.12. The Morgan fingerprint density at radius 2 is 0.952 bits per heavy atom. The van der Waals surface area contributed by atoms with E-state index in [0.717, 1.165) is 11.1 Å². The molecule has 0 spiro atoms. The maximum Gasteiger partial charge on any atom is 0.248 e. The minimum absolute atomic E-state index is 0.402. The number of amides is 1. The lowest BCUT2D eigenvalue weighted by molar-refractivity contribution is 0.100. The second-order valence-electron chi connectivity index (χ2n) is 4.88. The molecule has 0 saturated heterocycles. The van der Waals surface area contributed by atoms with Crippen LogP contribution < -0.4 is 5.73 Å². The highest BCUT2D eigenvalue weighted by molar-refractivity contribution is 5.93. The van der Waals surface area contributed by atoms with E-state index in [1.165, 1.54) is 11.1 Å². The van der Waals surface area contributed by atoms with E-state index in [1.807, 2.05) is 30.3 Å². The van der Waals surface area contributed by atoms with E-state index in [2.05, 4.69) is 36.4 Å². The number of carbonyl (C=O) groups is 1. The Labute approximate surface area is 123 Å². The van der Waals surface area contributed by atoms with Crippen molar-refractivity contribution < 1.29 is 4.79 Å². The molecule has 2 N–H and O–H groups in total. The summed E-state index contributed by atoms with van der Waals surface area (Å²) >= 11 is 0. The topological polar surface area (TPSA) is 43.1 Å². The van der Waals surface area contributed by atoms with E-state index >= 15 is 0 Å². The number of primary amides is 1. The van der Waals surface area contributed by atoms with E-state index in [0.29, 0.717) is 5.56 Å². The van der Waals surface area contributed by atoms with Crippen molar-refractivity contribution in [1.82, 2.24) is 0 Å². The zero-order valence-electron chi connectivity index (χ0n) is 11.5. The molecule has 0 unspecified atom stereocenters. The molecule has 0 aromatic heterocycles. The summed E-state index contributed by atoms with van der Waals surface area (Å²) in [5.74, 6) is -0.402. The quantitative estimate of drug-likeness (QED) is 0.766. The number of carbonyl (C=O) groups excluding carboxylic acids is 1. The van der Waals surface area contributed by atoms with Crippen LogP contribution in [0.2, 0.25) is 0 Å². The first-order chi connectivity index (χ1) is 10.2. The van der Waals surface area contributed by atoms with E-state index in [-0.39, 0.29) is 0 Å². The lowest BCUT2D eigenvalue weighted by atomic mass is 9.99. The molecular formula is C19H15NO. The maximum atomic E-state index is 11.1. The molecule has 0 atom stereocenters. The molecule has 0 bridgehead atoms. The highest BCUT2D eigenvalue weighted by atomic mass is 16.1. The van der Waals surface area contributed by atoms with Crippen LogP contribution in [0.1, 0.15) is 10.4 Å². The number of nitrogens with two attached hydrogens (primary N) is 1. The minimum Gasteiger partial charge on any atom is -0.366 e. The first-order valence-electron chi connectivity index (χ1n) is 6.80. The fourth-order valence-electron chi connectivity index (χ4n) is 2.31. The van der Waals surface area contributed by atoms with Gasteiger partial charge in [-0.1, -0.05) is 66.7 Å². The Hall–Kier alpha value is -2.87. The van der Waals surface area contributed by atoms with Gasteiger partial charge in [-0.15, -0.1) is 0 Å². The summed E-state index contributed by atoms with van der Waals surface area (Å²) in [5, 5.41) is 0. The number of benzene rings is 3. The molecule has 0 radical (unpaired) electrons. The molecule has 0 saturated carbocycles. The van der Waals surface area contributed by atoms with E-state index < -0.39 is 5.91 Å². The fraction of sp³-hybridized carbons (Fsp3) is 0. The molecule has 3 aromatic carbocycles. The minimum atomic E-state index is -0.402. The van der Waals surface area contributed by atoms with E-state index in [9.17, 15) is 4.79 Å². The van der Waals surface area contributed by atoms with Crippen molar-refractivity contribution in [3.05, 3.63) is 84.4 Å². The van der Waals surface area contributed by atoms with Gasteiger partial charge in [0.1, 0.15) is 0 Å². The molecule has 0 fully saturated rings. The number of hydrogen-bond acceptors (Lipinski definition) is 1. The van der Waals surface area contributed by atoms with Crippen molar-refractivity contribution in [1.29, 1.82) is 0 Å². The van der Waals surface area contributed by atoms with Gasteiger partial charge in [0.05, 0.1) is 0 Å². The van der Waals surface area contributed by atoms with Crippen LogP contribution in [0, 0.1) is 0 Å². The first kappa shape index (κ1) is 13.1. The lowest BCUT2D eigenvalue weighted by Gasteiger charge is -2.05. The number of rotatable bonds is 3. The summed E-state index contributed by atoms with van der Waals surface area (Å²) in [7, 11) is 0. The lowest BCUT2D eigenvalue weighted by Crippen LogP contribution is -2.10. The molecule has 3 aromatic rings. The zero-order valence-corrected chi connectivity index (χ0v) is 11.5. The van der Waals surface area contributed by atoms with Gasteiger partial charge in [0.25, 0.3) is 0 Å². The van der Waals surface area contributed by atoms with Crippen LogP contribution in [0.3, 0.4) is 0 Å². The molecular weight excluding hydrogens is 258 g/mol. The summed E-state index contributed by atoms with van der Waals surface area (Å²) < 4.78 is 0. The Morgan fingerprint density at radius 3 is 1.38 bits per heavy atom. The maximum absolute atomic E-state index is 11.1. The number of hydrogen-bond donors (Lipinski definition) is 1. The third kappa shape index (κ3) is 2.84. The van der Waals surface area contributed by atoms with Crippen LogP contribution in [0.25, 0.3) is 22.3 Å². The molecule has 21 heavy (non-hydrogen) atoms. The Balaban J connectivity index is 1.89. The van der Waals surface area contributed by atoms with Gasteiger partial charge in [-0.2, -0.15) is 0 Å². The molecule has 0 aliphatic carbocycles. The van der Waals surface area contributed by atoms with Gasteiger partial charge in [-0.05, 0) is 34.4 Å². The van der Waals surface area contributed by atoms with Crippen LogP contribution in [-0.2, 0) is 0 Å². The highest BCUT2D eigenvalue weighted by Gasteiger charge is 2.02. The zero-order chi connectivity index (χ0) is 14.7. The largest absolute Gasteiger partial charge is 0.366 e. The molecule has 0 heterocycles. The molecule has 0 aliphatic heterocycles. The smallest absolute Gasteiger partial charge is 0.248 e. The van der Waals surface area contributed by atoms with Gasteiger partial charge in [0.15, 0.2) is 0 Å². The Morgan fingerprint density at radius 1 is 0.571 bits per heavy atom. The monoisotopic (exact) mass is 273 g/mol. The molecule has 1 amide bonds. The SMILES string of the molecule is NC(=O)c1ccc(-c2ccc(-c3ccccc3)cc2)cc1. The van der Waals surface area contributed by atoms with Crippen LogP contribution in [0.5, 0.6) is 0 Å². The van der Waals surface area contributed by atoms with E-state index in [1.54, 1.807) is 12.1 Å². The summed E-state index contributed by atoms with van der Waals surface area (Å²) in [6.07, 6.45) is 0. The Bertz CT molecular complexity index is 744. The van der Waals surface area contributed by atoms with Crippen LogP contribution in [-0.4, -0.2) is 5.91 Å². The average molecular weight is 273 g/mol. The van der Waals surface area contributed by atoms with Gasteiger partial charge in [0, 0.05) is 5.56 Å². The summed E-state index contributed by atoms with van der Waals surface area (Å²) in [6, 6.07) is 26.0. The van der Waals surface area contributed by atoms with Crippen molar-refractivity contribution in [3.8, 4) is 22.3 Å². The molecule has 3 rings (SSSR count). The molecule has 2 nitrogen and oxygen atoms in total. The summed E-state index contributed by atoms with van der Waals surface area (Å²) in [5.41, 5.74) is 10.4. The predicted molar refractivity (Wildman–Crippen MR) is 85.8 cm³/mol. The van der Waals surface area contributed by atoms with Gasteiger partial charge in [-0.25, -0.2) is 0 Å². The average Bonchev–Trinajstić information content (AvgIpc) is 2.56. The second-order valence-corrected chi connectivity index (χ2v) is 4.88. The molecule has 0 aliphatic rings. The van der Waals surface area contributed by atoms with Crippen molar-refractivity contribution in [2.24, 2.45) is 5.73 Å². The summed E-state index contributed by atoms with van der Waals surface area (Å²) in [6.45, 7) is 0. The van der Waals surface area contributed by atoms with E-state index in [4.69, 9.17) is 5.73 Å². The first-order valence-corrected chi connectivity index (χ1v) is 6.80. The second kappa shape index (κ2) is 5.63. The third-order valence-corrected chi connectivity index (χ3v) is 3.49. The fourth-order valence-corrected chi connectivity index (χ4v) is 2.31. The van der Waals surface area contributed by atoms with Crippen molar-refractivity contribution >= 4 is 5.91 Å². The van der Waals surface area contributed by atoms with Crippen LogP contribution >= 0.6 is 0 Å². The van der Waals surface area contributed by atoms with Gasteiger partial charge < -0.3 is 5.73 Å². The van der Waals surface area contributed by atoms with Gasteiger partial charge in [0.2, 0.25) is 5.91 Å². The van der Waals surface area contributed by atoms with Crippen LogP contribution in [0.15, 0.2) is 78.9 Å². The third-order valence-electron chi connectivity index (χ3n) is 3.49. The molecule has 2 heteroatoms. The van der Waals surface area contributed by atoms with Crippen LogP contribution in [0.4, 0.5) is 0 Å². The van der Waals surface area contributed by atoms with Crippen molar-refractivity contribution in [3.63, 3.8) is 0 Å². The summed E-state index contributed by atoms with van der Waals surface area (Å²) in [4.78, 5) is 11.1. The Kier molecular flexibility index (Phi) is 3.52. The molecule has 102 valence electrons. The van der Waals surface area contributed by atoms with Gasteiger partial charge in [-0.3, -0.25) is 4.79 Å². The highest BCUT2D eigenvalue weighted by Crippen LogP contribution is 2.24. The van der Waals surface area contributed by atoms with Crippen molar-refractivity contribution in [2.45, 2.75) is 0 Å². The van der Waals surface area contributed by atoms with Gasteiger partial charge >= 0.3 is 0 Å².